The van der Waals surface area contributed by atoms with Crippen LogP contribution >= 0.6 is 0 Å². The summed E-state index contributed by atoms with van der Waals surface area (Å²) in [6.45, 7) is 2.23. The van der Waals surface area contributed by atoms with E-state index in [-0.39, 0.29) is 62.0 Å². The fourth-order valence-electron chi connectivity index (χ4n) is 3.43. The van der Waals surface area contributed by atoms with E-state index < -0.39 is 10.1 Å². The normalized spacial score (nSPS) is 11.2. The second kappa shape index (κ2) is 15.4. The quantitative estimate of drug-likeness (QED) is 0.259. The standard InChI is InChI=1S/C24H34O5S.K/c1-2-3-4-5-6-7-8-9-10-11-12-20-13-18-23(30(26,27)28)19-24(20)29-22-16-14-21(25)15-17-22;/h13-19,25H,2-12H2,1H3,(H,26,27,28);/q;+1/p-1. The van der Waals surface area contributed by atoms with Crippen LogP contribution in [0.5, 0.6) is 17.2 Å². The first-order valence-electron chi connectivity index (χ1n) is 11.0. The zero-order valence-electron chi connectivity index (χ0n) is 18.8. The molecule has 0 bridgehead atoms. The van der Waals surface area contributed by atoms with Gasteiger partial charge >= 0.3 is 51.4 Å². The third kappa shape index (κ3) is 11.3. The van der Waals surface area contributed by atoms with E-state index in [2.05, 4.69) is 6.92 Å². The molecule has 0 amide bonds. The van der Waals surface area contributed by atoms with Crippen molar-refractivity contribution in [3.63, 3.8) is 0 Å². The topological polar surface area (TPSA) is 86.7 Å². The van der Waals surface area contributed by atoms with E-state index in [9.17, 15) is 18.1 Å². The summed E-state index contributed by atoms with van der Waals surface area (Å²) in [5.74, 6) is 0.714. The second-order valence-corrected chi connectivity index (χ2v) is 9.17. The molecule has 0 saturated carbocycles. The Kier molecular flexibility index (Phi) is 14.2. The Morgan fingerprint density at radius 3 is 1.94 bits per heavy atom. The molecule has 2 aromatic rings. The summed E-state index contributed by atoms with van der Waals surface area (Å²) < 4.78 is 38.2. The van der Waals surface area contributed by atoms with E-state index >= 15 is 0 Å². The first-order chi connectivity index (χ1) is 14.4. The molecule has 7 heteroatoms. The molecule has 0 saturated heterocycles. The second-order valence-electron chi connectivity index (χ2n) is 7.75. The van der Waals surface area contributed by atoms with Crippen LogP contribution in [0.25, 0.3) is 0 Å². The Morgan fingerprint density at radius 2 is 1.39 bits per heavy atom. The molecule has 0 fully saturated rings. The van der Waals surface area contributed by atoms with Crippen molar-refractivity contribution in [2.24, 2.45) is 0 Å². The SMILES string of the molecule is CCCCCCCCCCCCc1ccc(S(=O)(=O)O)cc1Oc1ccc([O-])cc1.[K+]. The molecule has 0 spiro atoms. The van der Waals surface area contributed by atoms with Crippen molar-refractivity contribution in [3.05, 3.63) is 48.0 Å². The largest absolute Gasteiger partial charge is 1.00 e. The van der Waals surface area contributed by atoms with Gasteiger partial charge in [-0.05, 0) is 36.6 Å². The monoisotopic (exact) mass is 472 g/mol. The summed E-state index contributed by atoms with van der Waals surface area (Å²) in [6, 6.07) is 10.3. The minimum atomic E-state index is -4.32. The summed E-state index contributed by atoms with van der Waals surface area (Å²) in [4.78, 5) is -0.204. The number of aryl methyl sites for hydroxylation is 1. The van der Waals surface area contributed by atoms with Crippen LogP contribution in [0.4, 0.5) is 0 Å². The third-order valence-corrected chi connectivity index (χ3v) is 6.04. The van der Waals surface area contributed by atoms with Crippen LogP contribution in [-0.2, 0) is 16.5 Å². The van der Waals surface area contributed by atoms with E-state index in [0.29, 0.717) is 11.5 Å². The summed E-state index contributed by atoms with van der Waals surface area (Å²) in [5.41, 5.74) is 0.883. The van der Waals surface area contributed by atoms with Crippen molar-refractivity contribution in [2.75, 3.05) is 0 Å². The van der Waals surface area contributed by atoms with Gasteiger partial charge in [0.15, 0.2) is 0 Å². The Hall–Kier alpha value is -0.414. The average molecular weight is 473 g/mol. The molecular weight excluding hydrogens is 439 g/mol. The molecular formula is C24H33KO5S. The molecule has 2 aromatic carbocycles. The molecule has 31 heavy (non-hydrogen) atoms. The Morgan fingerprint density at radius 1 is 0.839 bits per heavy atom. The fraction of sp³-hybridized carbons (Fsp3) is 0.500. The van der Waals surface area contributed by atoms with Gasteiger partial charge in [-0.1, -0.05) is 82.9 Å². The fourth-order valence-corrected chi connectivity index (χ4v) is 3.93. The zero-order chi connectivity index (χ0) is 21.8. The van der Waals surface area contributed by atoms with Gasteiger partial charge in [0.05, 0.1) is 4.90 Å². The summed E-state index contributed by atoms with van der Waals surface area (Å²) in [6.07, 6.45) is 13.2. The van der Waals surface area contributed by atoms with Crippen molar-refractivity contribution in [3.8, 4) is 17.2 Å². The average Bonchev–Trinajstić information content (AvgIpc) is 2.71. The predicted octanol–water partition coefficient (Wildman–Crippen LogP) is 3.27. The van der Waals surface area contributed by atoms with Crippen molar-refractivity contribution in [1.29, 1.82) is 0 Å². The number of ether oxygens (including phenoxy) is 1. The van der Waals surface area contributed by atoms with Crippen LogP contribution in [-0.4, -0.2) is 13.0 Å². The van der Waals surface area contributed by atoms with Crippen LogP contribution in [0, 0.1) is 0 Å². The van der Waals surface area contributed by atoms with Crippen molar-refractivity contribution >= 4 is 10.1 Å². The van der Waals surface area contributed by atoms with Gasteiger partial charge in [-0.2, -0.15) is 8.42 Å². The van der Waals surface area contributed by atoms with Crippen LogP contribution in [0.1, 0.15) is 76.7 Å². The minimum Gasteiger partial charge on any atom is -0.872 e. The third-order valence-electron chi connectivity index (χ3n) is 5.19. The number of hydrogen-bond acceptors (Lipinski definition) is 4. The van der Waals surface area contributed by atoms with E-state index in [4.69, 9.17) is 4.74 Å². The number of benzene rings is 2. The molecule has 0 aromatic heterocycles. The Balaban J connectivity index is 0.00000480. The molecule has 0 atom stereocenters. The predicted molar refractivity (Wildman–Crippen MR) is 118 cm³/mol. The molecule has 5 nitrogen and oxygen atoms in total. The maximum Gasteiger partial charge on any atom is 1.00 e. The minimum absolute atomic E-state index is 0. The summed E-state index contributed by atoms with van der Waals surface area (Å²) in [5, 5.41) is 11.3. The van der Waals surface area contributed by atoms with Crippen LogP contribution in [0.2, 0.25) is 0 Å². The van der Waals surface area contributed by atoms with E-state index in [1.165, 1.54) is 75.6 Å². The first kappa shape index (κ1) is 28.6. The number of hydrogen-bond donors (Lipinski definition) is 1. The molecule has 1 N–H and O–H groups in total. The van der Waals surface area contributed by atoms with Gasteiger partial charge in [0.25, 0.3) is 10.1 Å². The van der Waals surface area contributed by atoms with Crippen LogP contribution < -0.4 is 61.2 Å². The molecule has 0 heterocycles. The van der Waals surface area contributed by atoms with Gasteiger partial charge in [0, 0.05) is 6.07 Å². The van der Waals surface area contributed by atoms with E-state index in [1.807, 2.05) is 0 Å². The van der Waals surface area contributed by atoms with Crippen molar-refractivity contribution in [1.82, 2.24) is 0 Å². The molecule has 0 unspecified atom stereocenters. The summed E-state index contributed by atoms with van der Waals surface area (Å²) >= 11 is 0. The van der Waals surface area contributed by atoms with E-state index in [0.717, 1.165) is 24.8 Å². The molecule has 0 radical (unpaired) electrons. The maximum absolute atomic E-state index is 11.5. The molecule has 0 aliphatic heterocycles. The van der Waals surface area contributed by atoms with Gasteiger partial charge in [-0.3, -0.25) is 4.55 Å². The van der Waals surface area contributed by atoms with Crippen molar-refractivity contribution < 1.29 is 74.2 Å². The van der Waals surface area contributed by atoms with Gasteiger partial charge in [0.2, 0.25) is 0 Å². The number of unbranched alkanes of at least 4 members (excludes halogenated alkanes) is 9. The molecule has 166 valence electrons. The van der Waals surface area contributed by atoms with Gasteiger partial charge in [0.1, 0.15) is 11.5 Å². The Bertz CT molecular complexity index is 866. The van der Waals surface area contributed by atoms with Crippen LogP contribution in [0.15, 0.2) is 47.4 Å². The van der Waals surface area contributed by atoms with E-state index in [1.54, 1.807) is 18.2 Å². The van der Waals surface area contributed by atoms with Gasteiger partial charge in [-0.15, -0.1) is 5.75 Å². The summed E-state index contributed by atoms with van der Waals surface area (Å²) in [7, 11) is -4.32. The smallest absolute Gasteiger partial charge is 0.872 e. The first-order valence-corrected chi connectivity index (χ1v) is 12.4. The molecule has 0 aliphatic rings. The van der Waals surface area contributed by atoms with Gasteiger partial charge in [-0.25, -0.2) is 0 Å². The molecule has 0 aliphatic carbocycles. The molecule has 2 rings (SSSR count). The Labute approximate surface area is 229 Å². The number of rotatable bonds is 14. The van der Waals surface area contributed by atoms with Gasteiger partial charge < -0.3 is 9.84 Å². The maximum atomic E-state index is 11.5. The van der Waals surface area contributed by atoms with Crippen molar-refractivity contribution in [2.45, 2.75) is 82.4 Å². The zero-order valence-corrected chi connectivity index (χ0v) is 22.7. The van der Waals surface area contributed by atoms with Crippen LogP contribution in [0.3, 0.4) is 0 Å².